The SMILES string of the molecule is COc1cccc2c1CCN(C(=O)c1cc3ccc(Br)cn3n1)C2C. The molecule has 3 heterocycles. The first-order chi connectivity index (χ1) is 12.1. The Bertz CT molecular complexity index is 966. The molecular formula is C19H18BrN3O2. The number of halogens is 1. The highest BCUT2D eigenvalue weighted by Crippen LogP contribution is 2.35. The molecule has 4 rings (SSSR count). The van der Waals surface area contributed by atoms with Gasteiger partial charge in [0.1, 0.15) is 5.75 Å². The summed E-state index contributed by atoms with van der Waals surface area (Å²) in [5, 5.41) is 4.44. The molecule has 128 valence electrons. The van der Waals surface area contributed by atoms with Crippen LogP contribution in [0, 0.1) is 0 Å². The maximum Gasteiger partial charge on any atom is 0.274 e. The Balaban J connectivity index is 1.68. The molecule has 6 heteroatoms. The molecule has 0 spiro atoms. The normalized spacial score (nSPS) is 16.8. The average Bonchev–Trinajstić information content (AvgIpc) is 3.04. The van der Waals surface area contributed by atoms with E-state index >= 15 is 0 Å². The summed E-state index contributed by atoms with van der Waals surface area (Å²) in [6.07, 6.45) is 2.64. The van der Waals surface area contributed by atoms with Gasteiger partial charge in [-0.3, -0.25) is 4.79 Å². The van der Waals surface area contributed by atoms with Gasteiger partial charge in [0.25, 0.3) is 5.91 Å². The van der Waals surface area contributed by atoms with Gasteiger partial charge in [0.2, 0.25) is 0 Å². The highest BCUT2D eigenvalue weighted by Gasteiger charge is 2.30. The fourth-order valence-electron chi connectivity index (χ4n) is 3.52. The van der Waals surface area contributed by atoms with E-state index in [1.54, 1.807) is 11.6 Å². The lowest BCUT2D eigenvalue weighted by Crippen LogP contribution is -2.39. The van der Waals surface area contributed by atoms with Gasteiger partial charge in [0, 0.05) is 22.8 Å². The first-order valence-electron chi connectivity index (χ1n) is 8.20. The van der Waals surface area contributed by atoms with Gasteiger partial charge >= 0.3 is 0 Å². The van der Waals surface area contributed by atoms with Crippen molar-refractivity contribution in [2.75, 3.05) is 13.7 Å². The topological polar surface area (TPSA) is 46.8 Å². The maximum atomic E-state index is 13.0. The van der Waals surface area contributed by atoms with Crippen LogP contribution in [0.3, 0.4) is 0 Å². The average molecular weight is 400 g/mol. The van der Waals surface area contributed by atoms with Gasteiger partial charge in [0.05, 0.1) is 18.7 Å². The van der Waals surface area contributed by atoms with Crippen LogP contribution in [0.2, 0.25) is 0 Å². The van der Waals surface area contributed by atoms with Gasteiger partial charge in [-0.15, -0.1) is 0 Å². The number of pyridine rings is 1. The standard InChI is InChI=1S/C19H18BrN3O2/c1-12-15-4-3-5-18(25-2)16(15)8-9-22(12)19(24)17-10-14-7-6-13(20)11-23(14)21-17/h3-7,10-12H,8-9H2,1-2H3. The summed E-state index contributed by atoms with van der Waals surface area (Å²) < 4.78 is 8.12. The molecule has 0 saturated heterocycles. The van der Waals surface area contributed by atoms with Gasteiger partial charge in [-0.2, -0.15) is 5.10 Å². The van der Waals surface area contributed by atoms with E-state index in [-0.39, 0.29) is 11.9 Å². The summed E-state index contributed by atoms with van der Waals surface area (Å²) in [7, 11) is 1.69. The van der Waals surface area contributed by atoms with E-state index in [0.717, 1.165) is 27.7 Å². The molecule has 0 aliphatic carbocycles. The minimum atomic E-state index is -0.0409. The number of carbonyl (C=O) groups excluding carboxylic acids is 1. The summed E-state index contributed by atoms with van der Waals surface area (Å²) in [6.45, 7) is 2.71. The second-order valence-electron chi connectivity index (χ2n) is 6.20. The zero-order valence-corrected chi connectivity index (χ0v) is 15.7. The Labute approximate surface area is 154 Å². The smallest absolute Gasteiger partial charge is 0.274 e. The number of rotatable bonds is 2. The highest BCUT2D eigenvalue weighted by molar-refractivity contribution is 9.10. The minimum absolute atomic E-state index is 0.0112. The molecule has 25 heavy (non-hydrogen) atoms. The molecule has 0 bridgehead atoms. The molecule has 1 aromatic carbocycles. The maximum absolute atomic E-state index is 13.0. The van der Waals surface area contributed by atoms with Crippen molar-refractivity contribution in [1.29, 1.82) is 0 Å². The molecule has 0 fully saturated rings. The van der Waals surface area contributed by atoms with Gasteiger partial charge in [0.15, 0.2) is 5.69 Å². The van der Waals surface area contributed by atoms with Gasteiger partial charge in [-0.25, -0.2) is 4.52 Å². The van der Waals surface area contributed by atoms with Crippen molar-refractivity contribution in [3.8, 4) is 5.75 Å². The summed E-state index contributed by atoms with van der Waals surface area (Å²) in [4.78, 5) is 14.9. The second kappa shape index (κ2) is 6.19. The highest BCUT2D eigenvalue weighted by atomic mass is 79.9. The Morgan fingerprint density at radius 3 is 2.96 bits per heavy atom. The largest absolute Gasteiger partial charge is 0.496 e. The molecule has 1 aliphatic heterocycles. The lowest BCUT2D eigenvalue weighted by molar-refractivity contribution is 0.0670. The fourth-order valence-corrected chi connectivity index (χ4v) is 3.84. The van der Waals surface area contributed by atoms with Crippen LogP contribution in [0.4, 0.5) is 0 Å². The van der Waals surface area contributed by atoms with Crippen LogP contribution in [0.15, 0.2) is 47.1 Å². The van der Waals surface area contributed by atoms with Crippen molar-refractivity contribution >= 4 is 27.4 Å². The van der Waals surface area contributed by atoms with Crippen molar-refractivity contribution < 1.29 is 9.53 Å². The third kappa shape index (κ3) is 2.70. The molecule has 1 atom stereocenters. The van der Waals surface area contributed by atoms with Crippen molar-refractivity contribution in [3.63, 3.8) is 0 Å². The summed E-state index contributed by atoms with van der Waals surface area (Å²) in [5.41, 5.74) is 3.71. The zero-order valence-electron chi connectivity index (χ0n) is 14.1. The van der Waals surface area contributed by atoms with Crippen LogP contribution in [0.5, 0.6) is 5.75 Å². The van der Waals surface area contributed by atoms with E-state index in [0.29, 0.717) is 12.2 Å². The number of hydrogen-bond acceptors (Lipinski definition) is 3. The fraction of sp³-hybridized carbons (Fsp3) is 0.263. The quantitative estimate of drug-likeness (QED) is 0.656. The first-order valence-corrected chi connectivity index (χ1v) is 8.99. The van der Waals surface area contributed by atoms with Crippen LogP contribution in [-0.4, -0.2) is 34.1 Å². The monoisotopic (exact) mass is 399 g/mol. The molecule has 2 aromatic heterocycles. The Kier molecular flexibility index (Phi) is 4.00. The number of benzene rings is 1. The van der Waals surface area contributed by atoms with E-state index in [4.69, 9.17) is 4.74 Å². The molecule has 3 aromatic rings. The van der Waals surface area contributed by atoms with Crippen molar-refractivity contribution in [2.45, 2.75) is 19.4 Å². The van der Waals surface area contributed by atoms with E-state index < -0.39 is 0 Å². The van der Waals surface area contributed by atoms with E-state index in [9.17, 15) is 4.79 Å². The Morgan fingerprint density at radius 1 is 1.32 bits per heavy atom. The van der Waals surface area contributed by atoms with Crippen molar-refractivity contribution in [1.82, 2.24) is 14.5 Å². The van der Waals surface area contributed by atoms with Crippen LogP contribution in [0.25, 0.3) is 5.52 Å². The van der Waals surface area contributed by atoms with Crippen LogP contribution < -0.4 is 4.74 Å². The predicted octanol–water partition coefficient (Wildman–Crippen LogP) is 3.86. The first kappa shape index (κ1) is 16.1. The number of ether oxygens (including phenoxy) is 1. The second-order valence-corrected chi connectivity index (χ2v) is 7.11. The number of carbonyl (C=O) groups is 1. The number of nitrogens with zero attached hydrogens (tertiary/aromatic N) is 3. The molecule has 5 nitrogen and oxygen atoms in total. The number of methoxy groups -OCH3 is 1. The van der Waals surface area contributed by atoms with Crippen molar-refractivity contribution in [3.05, 3.63) is 63.9 Å². The number of fused-ring (bicyclic) bond motifs is 2. The Morgan fingerprint density at radius 2 is 2.16 bits per heavy atom. The third-order valence-electron chi connectivity index (χ3n) is 4.81. The number of hydrogen-bond donors (Lipinski definition) is 0. The lowest BCUT2D eigenvalue weighted by Gasteiger charge is -2.35. The molecule has 1 amide bonds. The minimum Gasteiger partial charge on any atom is -0.496 e. The van der Waals surface area contributed by atoms with Crippen LogP contribution >= 0.6 is 15.9 Å². The lowest BCUT2D eigenvalue weighted by atomic mass is 9.92. The van der Waals surface area contributed by atoms with Crippen LogP contribution in [0.1, 0.15) is 34.6 Å². The Hall–Kier alpha value is -2.34. The van der Waals surface area contributed by atoms with Gasteiger partial charge in [-0.05, 0) is 59.1 Å². The van der Waals surface area contributed by atoms with E-state index in [2.05, 4.69) is 34.0 Å². The van der Waals surface area contributed by atoms with Crippen molar-refractivity contribution in [2.24, 2.45) is 0 Å². The third-order valence-corrected chi connectivity index (χ3v) is 5.28. The molecule has 1 aliphatic rings. The number of amides is 1. The molecule has 0 radical (unpaired) electrons. The van der Waals surface area contributed by atoms with Crippen LogP contribution in [-0.2, 0) is 6.42 Å². The summed E-state index contributed by atoms with van der Waals surface area (Å²) >= 11 is 3.43. The number of aromatic nitrogens is 2. The molecule has 0 N–H and O–H groups in total. The molecule has 0 saturated carbocycles. The summed E-state index contributed by atoms with van der Waals surface area (Å²) in [5.74, 6) is 0.856. The molecular weight excluding hydrogens is 382 g/mol. The van der Waals surface area contributed by atoms with Gasteiger partial charge < -0.3 is 9.64 Å². The summed E-state index contributed by atoms with van der Waals surface area (Å²) in [6, 6.07) is 11.7. The molecule has 1 unspecified atom stereocenters. The van der Waals surface area contributed by atoms with Gasteiger partial charge in [-0.1, -0.05) is 12.1 Å². The van der Waals surface area contributed by atoms with E-state index in [1.165, 1.54) is 5.56 Å². The van der Waals surface area contributed by atoms with E-state index in [1.807, 2.05) is 41.4 Å². The predicted molar refractivity (Wildman–Crippen MR) is 99.0 cm³/mol. The zero-order chi connectivity index (χ0) is 17.6.